The zero-order valence-corrected chi connectivity index (χ0v) is 13.7. The zero-order chi connectivity index (χ0) is 15.4. The maximum Gasteiger partial charge on any atom is 0.123 e. The molecule has 1 aliphatic rings. The molecule has 3 nitrogen and oxygen atoms in total. The molecule has 1 aromatic rings. The minimum atomic E-state index is -0.270. The van der Waals surface area contributed by atoms with Crippen LogP contribution in [-0.4, -0.2) is 43.3 Å². The molecule has 2 atom stereocenters. The molecule has 118 valence electrons. The van der Waals surface area contributed by atoms with Crippen LogP contribution in [0.2, 0.25) is 5.02 Å². The SMILES string of the molecule is CCNC(c1cc(F)ccc1Cl)C1CN(C(C)C)CCO1. The van der Waals surface area contributed by atoms with E-state index in [1.807, 2.05) is 6.92 Å². The second-order valence-electron chi connectivity index (χ2n) is 5.70. The molecule has 0 saturated carbocycles. The Morgan fingerprint density at radius 3 is 2.90 bits per heavy atom. The average molecular weight is 315 g/mol. The van der Waals surface area contributed by atoms with Gasteiger partial charge in [-0.15, -0.1) is 0 Å². The summed E-state index contributed by atoms with van der Waals surface area (Å²) in [5.41, 5.74) is 0.772. The minimum absolute atomic E-state index is 0.0274. The van der Waals surface area contributed by atoms with Crippen LogP contribution in [0.3, 0.4) is 0 Å². The van der Waals surface area contributed by atoms with E-state index < -0.39 is 0 Å². The number of morpholine rings is 1. The van der Waals surface area contributed by atoms with Crippen LogP contribution in [0.15, 0.2) is 18.2 Å². The highest BCUT2D eigenvalue weighted by atomic mass is 35.5. The number of nitrogens with one attached hydrogen (secondary N) is 1. The number of rotatable bonds is 5. The van der Waals surface area contributed by atoms with Crippen LogP contribution < -0.4 is 5.32 Å². The first-order valence-electron chi connectivity index (χ1n) is 7.57. The fraction of sp³-hybridized carbons (Fsp3) is 0.625. The van der Waals surface area contributed by atoms with Gasteiger partial charge in [0, 0.05) is 24.2 Å². The van der Waals surface area contributed by atoms with E-state index in [2.05, 4.69) is 24.1 Å². The van der Waals surface area contributed by atoms with Crippen molar-refractivity contribution < 1.29 is 9.13 Å². The number of ether oxygens (including phenoxy) is 1. The highest BCUT2D eigenvalue weighted by molar-refractivity contribution is 6.31. The first-order valence-corrected chi connectivity index (χ1v) is 7.94. The molecule has 0 amide bonds. The Morgan fingerprint density at radius 1 is 1.48 bits per heavy atom. The molecule has 1 saturated heterocycles. The van der Waals surface area contributed by atoms with Gasteiger partial charge in [0.25, 0.3) is 0 Å². The van der Waals surface area contributed by atoms with E-state index in [-0.39, 0.29) is 18.0 Å². The van der Waals surface area contributed by atoms with Gasteiger partial charge in [0.1, 0.15) is 5.82 Å². The topological polar surface area (TPSA) is 24.5 Å². The molecule has 1 heterocycles. The van der Waals surface area contributed by atoms with E-state index >= 15 is 0 Å². The predicted molar refractivity (Wildman–Crippen MR) is 84.3 cm³/mol. The average Bonchev–Trinajstić information content (AvgIpc) is 2.47. The van der Waals surface area contributed by atoms with Crippen LogP contribution in [0.1, 0.15) is 32.4 Å². The quantitative estimate of drug-likeness (QED) is 0.903. The van der Waals surface area contributed by atoms with Crippen LogP contribution >= 0.6 is 11.6 Å². The van der Waals surface area contributed by atoms with Gasteiger partial charge in [-0.3, -0.25) is 4.90 Å². The molecule has 0 spiro atoms. The summed E-state index contributed by atoms with van der Waals surface area (Å²) in [6, 6.07) is 4.88. The van der Waals surface area contributed by atoms with Crippen molar-refractivity contribution in [2.24, 2.45) is 0 Å². The Morgan fingerprint density at radius 2 is 2.24 bits per heavy atom. The summed E-state index contributed by atoms with van der Waals surface area (Å²) >= 11 is 6.27. The molecular weight excluding hydrogens is 291 g/mol. The Bertz CT molecular complexity index is 470. The molecule has 21 heavy (non-hydrogen) atoms. The monoisotopic (exact) mass is 314 g/mol. The maximum atomic E-state index is 13.6. The second-order valence-corrected chi connectivity index (χ2v) is 6.11. The molecule has 2 unspecified atom stereocenters. The lowest BCUT2D eigenvalue weighted by Crippen LogP contribution is -2.50. The van der Waals surface area contributed by atoms with Crippen molar-refractivity contribution in [2.45, 2.75) is 39.0 Å². The summed E-state index contributed by atoms with van der Waals surface area (Å²) in [4.78, 5) is 2.38. The maximum absolute atomic E-state index is 13.6. The first kappa shape index (κ1) is 16.7. The molecule has 0 radical (unpaired) electrons. The van der Waals surface area contributed by atoms with Gasteiger partial charge in [0.2, 0.25) is 0 Å². The van der Waals surface area contributed by atoms with Gasteiger partial charge in [-0.05, 0) is 44.2 Å². The van der Waals surface area contributed by atoms with E-state index in [0.717, 1.165) is 25.2 Å². The molecular formula is C16H24ClFN2O. The van der Waals surface area contributed by atoms with Gasteiger partial charge >= 0.3 is 0 Å². The summed E-state index contributed by atoms with van der Waals surface area (Å²) in [5, 5.41) is 3.97. The van der Waals surface area contributed by atoms with Crippen LogP contribution in [-0.2, 0) is 4.74 Å². The fourth-order valence-electron chi connectivity index (χ4n) is 2.78. The molecule has 1 aromatic carbocycles. The van der Waals surface area contributed by atoms with Crippen molar-refractivity contribution in [1.82, 2.24) is 10.2 Å². The van der Waals surface area contributed by atoms with Crippen molar-refractivity contribution in [2.75, 3.05) is 26.2 Å². The summed E-state index contributed by atoms with van der Waals surface area (Å²) in [6.07, 6.45) is -0.0274. The number of nitrogens with zero attached hydrogens (tertiary/aromatic N) is 1. The number of hydrogen-bond acceptors (Lipinski definition) is 3. The molecule has 5 heteroatoms. The van der Waals surface area contributed by atoms with Crippen molar-refractivity contribution in [3.8, 4) is 0 Å². The van der Waals surface area contributed by atoms with E-state index in [1.165, 1.54) is 12.1 Å². The summed E-state index contributed by atoms with van der Waals surface area (Å²) < 4.78 is 19.5. The lowest BCUT2D eigenvalue weighted by molar-refractivity contribution is -0.0558. The molecule has 0 aliphatic carbocycles. The van der Waals surface area contributed by atoms with E-state index in [0.29, 0.717) is 17.7 Å². The van der Waals surface area contributed by atoms with Crippen LogP contribution in [0.25, 0.3) is 0 Å². The molecule has 1 N–H and O–H groups in total. The molecule has 0 bridgehead atoms. The van der Waals surface area contributed by atoms with Crippen LogP contribution in [0, 0.1) is 5.82 Å². The largest absolute Gasteiger partial charge is 0.374 e. The lowest BCUT2D eigenvalue weighted by atomic mass is 9.99. The molecule has 1 fully saturated rings. The molecule has 2 rings (SSSR count). The van der Waals surface area contributed by atoms with Gasteiger partial charge in [0.15, 0.2) is 0 Å². The first-order chi connectivity index (χ1) is 10.0. The molecule has 0 aromatic heterocycles. The van der Waals surface area contributed by atoms with Crippen LogP contribution in [0.5, 0.6) is 0 Å². The predicted octanol–water partition coefficient (Wildman–Crippen LogP) is 3.24. The Hall–Kier alpha value is -0.680. The number of hydrogen-bond donors (Lipinski definition) is 1. The Balaban J connectivity index is 2.23. The van der Waals surface area contributed by atoms with Gasteiger partial charge in [0.05, 0.1) is 18.8 Å². The van der Waals surface area contributed by atoms with Crippen molar-refractivity contribution >= 4 is 11.6 Å². The second kappa shape index (κ2) is 7.54. The summed E-state index contributed by atoms with van der Waals surface area (Å²) in [7, 11) is 0. The molecule has 1 aliphatic heterocycles. The standard InChI is InChI=1S/C16H24ClFN2O/c1-4-19-16(13-9-12(18)5-6-14(13)17)15-10-20(11(2)3)7-8-21-15/h5-6,9,11,15-16,19H,4,7-8,10H2,1-3H3. The zero-order valence-electron chi connectivity index (χ0n) is 12.9. The Kier molecular flexibility index (Phi) is 5.99. The minimum Gasteiger partial charge on any atom is -0.374 e. The van der Waals surface area contributed by atoms with Crippen molar-refractivity contribution in [3.63, 3.8) is 0 Å². The van der Waals surface area contributed by atoms with Crippen LogP contribution in [0.4, 0.5) is 4.39 Å². The van der Waals surface area contributed by atoms with Gasteiger partial charge in [-0.1, -0.05) is 18.5 Å². The highest BCUT2D eigenvalue weighted by Crippen LogP contribution is 2.29. The third kappa shape index (κ3) is 4.16. The van der Waals surface area contributed by atoms with Crippen molar-refractivity contribution in [3.05, 3.63) is 34.6 Å². The third-order valence-electron chi connectivity index (χ3n) is 3.94. The van der Waals surface area contributed by atoms with Gasteiger partial charge in [-0.2, -0.15) is 0 Å². The van der Waals surface area contributed by atoms with Gasteiger partial charge < -0.3 is 10.1 Å². The van der Waals surface area contributed by atoms with E-state index in [9.17, 15) is 4.39 Å². The van der Waals surface area contributed by atoms with E-state index in [4.69, 9.17) is 16.3 Å². The Labute approximate surface area is 131 Å². The summed E-state index contributed by atoms with van der Waals surface area (Å²) in [6.45, 7) is 9.62. The normalized spacial score (nSPS) is 21.7. The summed E-state index contributed by atoms with van der Waals surface area (Å²) in [5.74, 6) is -0.270. The smallest absolute Gasteiger partial charge is 0.123 e. The van der Waals surface area contributed by atoms with Gasteiger partial charge in [-0.25, -0.2) is 4.39 Å². The lowest BCUT2D eigenvalue weighted by Gasteiger charge is -2.39. The number of likely N-dealkylation sites (N-methyl/N-ethyl adjacent to an activating group) is 1. The fourth-order valence-corrected chi connectivity index (χ4v) is 3.02. The van der Waals surface area contributed by atoms with E-state index in [1.54, 1.807) is 6.07 Å². The number of halogens is 2. The number of benzene rings is 1. The third-order valence-corrected chi connectivity index (χ3v) is 4.29. The van der Waals surface area contributed by atoms with Crippen molar-refractivity contribution in [1.29, 1.82) is 0 Å². The highest BCUT2D eigenvalue weighted by Gasteiger charge is 2.31.